The molecule has 2 bridgehead atoms. The standard InChI is InChI=1S/C25H22F2N4O4S/c1-25(2,32)23-28-10-15(11-29-23)13-6-7-16-17(8-13)31-18-9-14(22(31)30-16)12-36(33,34)20-5-3-4-19(21(18)20)35-24(26)27/h3-8,10-11,14,18,24,32H,9,12H2,1-2H3/t14-,18+/m0/s1. The van der Waals surface area contributed by atoms with Crippen molar-refractivity contribution < 1.29 is 27.0 Å². The van der Waals surface area contributed by atoms with E-state index in [1.54, 1.807) is 26.2 Å². The lowest BCUT2D eigenvalue weighted by Gasteiger charge is -2.21. The van der Waals surface area contributed by atoms with Crippen molar-refractivity contribution in [2.24, 2.45) is 0 Å². The maximum atomic E-state index is 13.2. The van der Waals surface area contributed by atoms with Crippen LogP contribution in [-0.4, -0.2) is 45.4 Å². The van der Waals surface area contributed by atoms with Crippen LogP contribution in [0.1, 0.15) is 49.4 Å². The zero-order chi connectivity index (χ0) is 25.4. The number of hydrogen-bond acceptors (Lipinski definition) is 7. The van der Waals surface area contributed by atoms with Crippen molar-refractivity contribution in [3.8, 4) is 16.9 Å². The van der Waals surface area contributed by atoms with E-state index < -0.39 is 28.1 Å². The Morgan fingerprint density at radius 3 is 2.58 bits per heavy atom. The Bertz CT molecular complexity index is 1610. The normalized spacial score (nSPS) is 20.3. The lowest BCUT2D eigenvalue weighted by Crippen LogP contribution is -2.19. The Hall–Kier alpha value is -3.44. The van der Waals surface area contributed by atoms with Crippen LogP contribution in [-0.2, 0) is 15.4 Å². The van der Waals surface area contributed by atoms with Gasteiger partial charge in [-0.05, 0) is 50.1 Å². The summed E-state index contributed by atoms with van der Waals surface area (Å²) < 4.78 is 59.5. The Morgan fingerprint density at radius 1 is 1.14 bits per heavy atom. The molecule has 0 fully saturated rings. The molecule has 4 aromatic rings. The van der Waals surface area contributed by atoms with Crippen molar-refractivity contribution in [2.75, 3.05) is 5.75 Å². The number of halogens is 2. The Labute approximate surface area is 205 Å². The van der Waals surface area contributed by atoms with Gasteiger partial charge in [-0.25, -0.2) is 23.4 Å². The van der Waals surface area contributed by atoms with Crippen LogP contribution in [0, 0.1) is 0 Å². The lowest BCUT2D eigenvalue weighted by molar-refractivity contribution is -0.0508. The van der Waals surface area contributed by atoms with E-state index in [0.29, 0.717) is 23.6 Å². The summed E-state index contributed by atoms with van der Waals surface area (Å²) in [5, 5.41) is 10.1. The number of imidazole rings is 1. The molecule has 186 valence electrons. The van der Waals surface area contributed by atoms with E-state index in [-0.39, 0.29) is 27.9 Å². The van der Waals surface area contributed by atoms with Crippen molar-refractivity contribution in [1.29, 1.82) is 0 Å². The highest BCUT2D eigenvalue weighted by molar-refractivity contribution is 7.91. The summed E-state index contributed by atoms with van der Waals surface area (Å²) in [7, 11) is -3.73. The van der Waals surface area contributed by atoms with E-state index in [1.807, 2.05) is 22.8 Å². The summed E-state index contributed by atoms with van der Waals surface area (Å²) in [6.07, 6.45) is 3.67. The molecule has 2 aliphatic rings. The smallest absolute Gasteiger partial charge is 0.387 e. The summed E-state index contributed by atoms with van der Waals surface area (Å²) in [4.78, 5) is 13.3. The molecule has 0 unspecified atom stereocenters. The first-order chi connectivity index (χ1) is 17.0. The second kappa shape index (κ2) is 7.78. The van der Waals surface area contributed by atoms with Crippen molar-refractivity contribution in [3.63, 3.8) is 0 Å². The zero-order valence-corrected chi connectivity index (χ0v) is 20.2. The monoisotopic (exact) mass is 512 g/mol. The molecule has 0 saturated carbocycles. The molecular formula is C25H22F2N4O4S. The predicted molar refractivity (Wildman–Crippen MR) is 127 cm³/mol. The molecule has 1 N–H and O–H groups in total. The first kappa shape index (κ1) is 23.0. The number of nitrogens with zero attached hydrogens (tertiary/aromatic N) is 4. The van der Waals surface area contributed by atoms with Crippen LogP contribution in [0.15, 0.2) is 53.7 Å². The van der Waals surface area contributed by atoms with Crippen molar-refractivity contribution in [2.45, 2.75) is 49.3 Å². The minimum atomic E-state index is -3.73. The highest BCUT2D eigenvalue weighted by atomic mass is 32.2. The Morgan fingerprint density at radius 2 is 1.89 bits per heavy atom. The van der Waals surface area contributed by atoms with Gasteiger partial charge in [-0.1, -0.05) is 12.1 Å². The van der Waals surface area contributed by atoms with E-state index in [0.717, 1.165) is 16.6 Å². The van der Waals surface area contributed by atoms with Gasteiger partial charge in [0, 0.05) is 29.4 Å². The molecule has 0 spiro atoms. The molecule has 0 amide bonds. The molecule has 36 heavy (non-hydrogen) atoms. The second-order valence-corrected chi connectivity index (χ2v) is 11.7. The fourth-order valence-electron chi connectivity index (χ4n) is 5.25. The van der Waals surface area contributed by atoms with Gasteiger partial charge in [0.2, 0.25) is 0 Å². The number of benzene rings is 2. The zero-order valence-electron chi connectivity index (χ0n) is 19.4. The molecule has 2 aromatic carbocycles. The van der Waals surface area contributed by atoms with Gasteiger partial charge in [0.1, 0.15) is 17.2 Å². The number of aromatic nitrogens is 4. The number of ether oxygens (including phenoxy) is 1. The summed E-state index contributed by atoms with van der Waals surface area (Å²) in [6.45, 7) is 0.125. The van der Waals surface area contributed by atoms with Gasteiger partial charge in [0.15, 0.2) is 15.7 Å². The minimum absolute atomic E-state index is 0.0208. The molecule has 11 heteroatoms. The number of aliphatic hydroxyl groups is 1. The first-order valence-electron chi connectivity index (χ1n) is 11.4. The van der Waals surface area contributed by atoms with Gasteiger partial charge in [0.05, 0.1) is 27.7 Å². The number of rotatable bonds is 4. The summed E-state index contributed by atoms with van der Waals surface area (Å²) in [5.74, 6) is 0.237. The molecular weight excluding hydrogens is 490 g/mol. The SMILES string of the molecule is CC(C)(O)c1ncc(-c2ccc3nc4n(c3c2)[C@@H]2C[C@H]4CS(=O)(=O)c3cccc(OC(F)F)c32)cn1. The third-order valence-corrected chi connectivity index (χ3v) is 8.63. The average molecular weight is 513 g/mol. The van der Waals surface area contributed by atoms with Gasteiger partial charge < -0.3 is 14.4 Å². The minimum Gasteiger partial charge on any atom is -0.434 e. The molecule has 2 atom stereocenters. The van der Waals surface area contributed by atoms with Crippen molar-refractivity contribution in [3.05, 3.63) is 66.0 Å². The molecule has 6 rings (SSSR count). The van der Waals surface area contributed by atoms with Crippen LogP contribution in [0.5, 0.6) is 5.75 Å². The van der Waals surface area contributed by atoms with Gasteiger partial charge in [0.25, 0.3) is 0 Å². The van der Waals surface area contributed by atoms with E-state index in [2.05, 4.69) is 9.97 Å². The Kier molecular flexibility index (Phi) is 4.97. The number of sulfone groups is 1. The molecule has 0 radical (unpaired) electrons. The second-order valence-electron chi connectivity index (χ2n) is 9.67. The summed E-state index contributed by atoms with van der Waals surface area (Å²) >= 11 is 0. The topological polar surface area (TPSA) is 107 Å². The summed E-state index contributed by atoms with van der Waals surface area (Å²) in [5.41, 5.74) is 2.02. The van der Waals surface area contributed by atoms with Gasteiger partial charge in [-0.3, -0.25) is 0 Å². The van der Waals surface area contributed by atoms with Crippen molar-refractivity contribution in [1.82, 2.24) is 19.5 Å². The highest BCUT2D eigenvalue weighted by Gasteiger charge is 2.44. The third kappa shape index (κ3) is 3.56. The van der Waals surface area contributed by atoms with Crippen LogP contribution in [0.2, 0.25) is 0 Å². The maximum Gasteiger partial charge on any atom is 0.387 e. The van der Waals surface area contributed by atoms with E-state index in [9.17, 15) is 22.3 Å². The fourth-order valence-corrected chi connectivity index (χ4v) is 7.10. The van der Waals surface area contributed by atoms with Gasteiger partial charge >= 0.3 is 6.61 Å². The van der Waals surface area contributed by atoms with E-state index in [1.165, 1.54) is 18.2 Å². The van der Waals surface area contributed by atoms with Gasteiger partial charge in [-0.2, -0.15) is 8.78 Å². The predicted octanol–water partition coefficient (Wildman–Crippen LogP) is 4.19. The highest BCUT2D eigenvalue weighted by Crippen LogP contribution is 2.50. The maximum absolute atomic E-state index is 13.2. The number of hydrogen-bond donors (Lipinski definition) is 1. The van der Waals surface area contributed by atoms with Crippen LogP contribution in [0.3, 0.4) is 0 Å². The largest absolute Gasteiger partial charge is 0.434 e. The van der Waals surface area contributed by atoms with Gasteiger partial charge in [-0.15, -0.1) is 0 Å². The fraction of sp³-hybridized carbons (Fsp3) is 0.320. The molecule has 2 aromatic heterocycles. The number of alkyl halides is 2. The average Bonchev–Trinajstić information content (AvgIpc) is 3.31. The molecule has 0 aliphatic carbocycles. The first-order valence-corrected chi connectivity index (χ1v) is 13.1. The van der Waals surface area contributed by atoms with Crippen LogP contribution in [0.4, 0.5) is 8.78 Å². The molecule has 2 aliphatic heterocycles. The van der Waals surface area contributed by atoms with Crippen LogP contribution < -0.4 is 4.74 Å². The molecule has 0 saturated heterocycles. The van der Waals surface area contributed by atoms with Crippen LogP contribution in [0.25, 0.3) is 22.2 Å². The molecule has 4 heterocycles. The Balaban J connectivity index is 1.53. The van der Waals surface area contributed by atoms with Crippen LogP contribution >= 0.6 is 0 Å². The quantitative estimate of drug-likeness (QED) is 0.437. The van der Waals surface area contributed by atoms with E-state index in [4.69, 9.17) is 9.72 Å². The number of fused-ring (bicyclic) bond motifs is 9. The third-order valence-electron chi connectivity index (χ3n) is 6.76. The lowest BCUT2D eigenvalue weighted by atomic mass is 9.98. The molecule has 8 nitrogen and oxygen atoms in total. The van der Waals surface area contributed by atoms with Crippen molar-refractivity contribution >= 4 is 20.9 Å². The van der Waals surface area contributed by atoms with E-state index >= 15 is 0 Å². The summed E-state index contributed by atoms with van der Waals surface area (Å²) in [6, 6.07) is 9.35.